The minimum atomic E-state index is -0.528. The second-order valence-electron chi connectivity index (χ2n) is 14.4. The van der Waals surface area contributed by atoms with Crippen molar-refractivity contribution in [3.8, 4) is 5.75 Å². The van der Waals surface area contributed by atoms with E-state index in [2.05, 4.69) is 38.6 Å². The molecule has 2 heterocycles. The number of amides is 3. The van der Waals surface area contributed by atoms with Crippen LogP contribution in [0.2, 0.25) is 0 Å². The Morgan fingerprint density at radius 2 is 1.66 bits per heavy atom. The molecule has 5 aromatic rings. The van der Waals surface area contributed by atoms with Crippen molar-refractivity contribution in [1.82, 2.24) is 25.5 Å². The molecule has 0 saturated heterocycles. The van der Waals surface area contributed by atoms with Gasteiger partial charge in [0.15, 0.2) is 11.3 Å². The maximum absolute atomic E-state index is 13.7. The molecule has 0 unspecified atom stereocenters. The number of ether oxygens (including phenoxy) is 1. The van der Waals surface area contributed by atoms with Gasteiger partial charge in [-0.15, -0.1) is 0 Å². The molecule has 0 bridgehead atoms. The smallest absolute Gasteiger partial charge is 0.301 e. The highest BCUT2D eigenvalue weighted by Crippen LogP contribution is 2.31. The SMILES string of the molecule is CCc1cccc(N(CC)C(=O)Cn2c(C(=O)NC3CCC(C(=O)NCCCCCCCCOc4ccc([N+](=O)[O-])c5nonc45)CC3)cc3ccccc32)c1. The van der Waals surface area contributed by atoms with Crippen molar-refractivity contribution in [2.75, 3.05) is 24.6 Å². The molecule has 0 atom stereocenters. The molecular weight excluding hydrogens is 715 g/mol. The largest absolute Gasteiger partial charge is 0.491 e. The Balaban J connectivity index is 0.888. The average Bonchev–Trinajstić information content (AvgIpc) is 3.85. The molecule has 14 nitrogen and oxygen atoms in total. The van der Waals surface area contributed by atoms with Crippen LogP contribution in [0.5, 0.6) is 5.75 Å². The summed E-state index contributed by atoms with van der Waals surface area (Å²) >= 11 is 0. The molecule has 2 N–H and O–H groups in total. The summed E-state index contributed by atoms with van der Waals surface area (Å²) in [5, 5.41) is 25.8. The van der Waals surface area contributed by atoms with Crippen LogP contribution in [0.15, 0.2) is 71.4 Å². The van der Waals surface area contributed by atoms with E-state index in [4.69, 9.17) is 4.74 Å². The molecule has 56 heavy (non-hydrogen) atoms. The molecule has 14 heteroatoms. The number of non-ortho nitro benzene ring substituents is 1. The highest BCUT2D eigenvalue weighted by atomic mass is 16.6. The first kappa shape index (κ1) is 39.9. The fourth-order valence-electron chi connectivity index (χ4n) is 7.56. The monoisotopic (exact) mass is 765 g/mol. The van der Waals surface area contributed by atoms with Gasteiger partial charge in [-0.25, -0.2) is 4.63 Å². The van der Waals surface area contributed by atoms with Gasteiger partial charge in [0.25, 0.3) is 5.91 Å². The number of carbonyl (C=O) groups is 3. The molecule has 296 valence electrons. The van der Waals surface area contributed by atoms with Gasteiger partial charge >= 0.3 is 5.69 Å². The van der Waals surface area contributed by atoms with Crippen LogP contribution in [0.3, 0.4) is 0 Å². The number of nitrogens with zero attached hydrogens (tertiary/aromatic N) is 5. The number of rotatable bonds is 19. The summed E-state index contributed by atoms with van der Waals surface area (Å²) in [6.45, 7) is 5.71. The van der Waals surface area contributed by atoms with Crippen molar-refractivity contribution in [1.29, 1.82) is 0 Å². The van der Waals surface area contributed by atoms with Crippen LogP contribution in [0.25, 0.3) is 21.9 Å². The molecule has 6 rings (SSSR count). The van der Waals surface area contributed by atoms with Gasteiger partial charge in [0.05, 0.1) is 11.5 Å². The van der Waals surface area contributed by atoms with E-state index in [0.29, 0.717) is 56.8 Å². The van der Waals surface area contributed by atoms with Gasteiger partial charge in [-0.1, -0.05) is 62.9 Å². The summed E-state index contributed by atoms with van der Waals surface area (Å²) in [4.78, 5) is 52.8. The number of benzene rings is 3. The lowest BCUT2D eigenvalue weighted by Crippen LogP contribution is -2.42. The molecule has 0 spiro atoms. The number of unbranched alkanes of at least 4 members (excludes halogenated alkanes) is 5. The van der Waals surface area contributed by atoms with Crippen LogP contribution in [0.4, 0.5) is 11.4 Å². The van der Waals surface area contributed by atoms with Gasteiger partial charge in [-0.2, -0.15) is 0 Å². The number of anilines is 1. The standard InChI is InChI=1S/C42H51N7O7/c1-3-29-14-13-16-33(26-29)47(4-2)38(50)28-48-34-17-10-9-15-31(34)27-36(48)42(52)44-32-20-18-30(19-21-32)41(51)43-24-11-7-5-6-8-12-25-55-37-23-22-35(49(53)54)39-40(37)46-56-45-39/h9-10,13-17,22-23,26-27,30,32H,3-8,11-12,18-21,24-25,28H2,1-2H3,(H,43,51)(H,44,52). The van der Waals surface area contributed by atoms with E-state index in [1.165, 1.54) is 12.1 Å². The summed E-state index contributed by atoms with van der Waals surface area (Å²) in [5.74, 6) is 0.140. The maximum Gasteiger partial charge on any atom is 0.301 e. The van der Waals surface area contributed by atoms with Crippen LogP contribution in [-0.2, 0) is 22.6 Å². The van der Waals surface area contributed by atoms with Gasteiger partial charge < -0.3 is 24.8 Å². The third kappa shape index (κ3) is 9.71. The van der Waals surface area contributed by atoms with Crippen LogP contribution in [-0.4, -0.2) is 63.3 Å². The zero-order chi connectivity index (χ0) is 39.4. The third-order valence-corrected chi connectivity index (χ3v) is 10.7. The molecular formula is C42H51N7O7. The number of carbonyl (C=O) groups excluding carboxylic acids is 3. The van der Waals surface area contributed by atoms with Crippen LogP contribution in [0.1, 0.15) is 94.1 Å². The quantitative estimate of drug-likeness (QED) is 0.0489. The second kappa shape index (κ2) is 19.2. The number of fused-ring (bicyclic) bond motifs is 2. The highest BCUT2D eigenvalue weighted by molar-refractivity contribution is 6.01. The normalized spacial score (nSPS) is 15.5. The highest BCUT2D eigenvalue weighted by Gasteiger charge is 2.29. The molecule has 3 amide bonds. The zero-order valence-electron chi connectivity index (χ0n) is 32.2. The van der Waals surface area contributed by atoms with E-state index < -0.39 is 4.92 Å². The zero-order valence-corrected chi connectivity index (χ0v) is 32.2. The Bertz CT molecular complexity index is 2140. The number of hydrogen-bond donors (Lipinski definition) is 2. The van der Waals surface area contributed by atoms with Gasteiger partial charge in [0.1, 0.15) is 12.2 Å². The second-order valence-corrected chi connectivity index (χ2v) is 14.4. The Hall–Kier alpha value is -5.79. The van der Waals surface area contributed by atoms with Gasteiger partial charge in [0, 0.05) is 47.7 Å². The predicted octanol–water partition coefficient (Wildman–Crippen LogP) is 7.53. The van der Waals surface area contributed by atoms with Crippen LogP contribution in [0, 0.1) is 16.0 Å². The Morgan fingerprint density at radius 3 is 2.43 bits per heavy atom. The Labute approximate surface area is 326 Å². The van der Waals surface area contributed by atoms with E-state index in [9.17, 15) is 24.5 Å². The predicted molar refractivity (Wildman–Crippen MR) is 214 cm³/mol. The first-order valence-corrected chi connectivity index (χ1v) is 19.9. The van der Waals surface area contributed by atoms with Crippen molar-refractivity contribution in [3.05, 3.63) is 88.1 Å². The summed E-state index contributed by atoms with van der Waals surface area (Å²) < 4.78 is 12.3. The summed E-state index contributed by atoms with van der Waals surface area (Å²) in [5.41, 5.74) is 3.46. The first-order valence-electron chi connectivity index (χ1n) is 19.9. The number of aryl methyl sites for hydroxylation is 1. The number of para-hydroxylation sites is 1. The van der Waals surface area contributed by atoms with Crippen molar-refractivity contribution >= 4 is 51.0 Å². The number of aromatic nitrogens is 3. The number of nitro benzene ring substituents is 1. The third-order valence-electron chi connectivity index (χ3n) is 10.7. The first-order chi connectivity index (χ1) is 27.3. The lowest BCUT2D eigenvalue weighted by Gasteiger charge is -2.28. The molecule has 1 fully saturated rings. The van der Waals surface area contributed by atoms with E-state index in [1.807, 2.05) is 60.0 Å². The fourth-order valence-corrected chi connectivity index (χ4v) is 7.56. The fraction of sp³-hybridized carbons (Fsp3) is 0.452. The van der Waals surface area contributed by atoms with Crippen molar-refractivity contribution in [3.63, 3.8) is 0 Å². The van der Waals surface area contributed by atoms with Gasteiger partial charge in [0.2, 0.25) is 17.3 Å². The van der Waals surface area contributed by atoms with Crippen LogP contribution < -0.4 is 20.3 Å². The molecule has 1 aliphatic rings. The lowest BCUT2D eigenvalue weighted by atomic mass is 9.85. The lowest BCUT2D eigenvalue weighted by molar-refractivity contribution is -0.383. The number of nitrogens with one attached hydrogen (secondary N) is 2. The van der Waals surface area contributed by atoms with E-state index in [0.717, 1.165) is 67.1 Å². The summed E-state index contributed by atoms with van der Waals surface area (Å²) in [7, 11) is 0. The maximum atomic E-state index is 13.7. The molecule has 1 aliphatic carbocycles. The minimum absolute atomic E-state index is 0.0425. The van der Waals surface area contributed by atoms with Crippen molar-refractivity contribution < 1.29 is 28.7 Å². The summed E-state index contributed by atoms with van der Waals surface area (Å²) in [6, 6.07) is 20.5. The average molecular weight is 766 g/mol. The molecule has 1 saturated carbocycles. The number of likely N-dealkylation sites (N-methyl/N-ethyl adjacent to an activating group) is 1. The molecule has 0 radical (unpaired) electrons. The van der Waals surface area contributed by atoms with E-state index in [-0.39, 0.29) is 52.9 Å². The molecule has 3 aromatic carbocycles. The molecule has 2 aromatic heterocycles. The number of nitro groups is 1. The molecule has 0 aliphatic heterocycles. The van der Waals surface area contributed by atoms with Crippen molar-refractivity contribution in [2.24, 2.45) is 5.92 Å². The Morgan fingerprint density at radius 1 is 0.911 bits per heavy atom. The Kier molecular flexibility index (Phi) is 13.7. The topological polar surface area (TPSA) is 175 Å². The van der Waals surface area contributed by atoms with E-state index >= 15 is 0 Å². The van der Waals surface area contributed by atoms with Crippen molar-refractivity contribution in [2.45, 2.75) is 97.1 Å². The van der Waals surface area contributed by atoms with Crippen LogP contribution >= 0.6 is 0 Å². The minimum Gasteiger partial charge on any atom is -0.491 e. The van der Waals surface area contributed by atoms with E-state index in [1.54, 1.807) is 4.90 Å². The summed E-state index contributed by atoms with van der Waals surface area (Å²) in [6.07, 6.45) is 9.55. The van der Waals surface area contributed by atoms with Gasteiger partial charge in [-0.05, 0) is 98.1 Å². The van der Waals surface area contributed by atoms with Gasteiger partial charge in [-0.3, -0.25) is 24.5 Å². The number of hydrogen-bond acceptors (Lipinski definition) is 9.